The van der Waals surface area contributed by atoms with Crippen molar-refractivity contribution in [3.63, 3.8) is 0 Å². The summed E-state index contributed by atoms with van der Waals surface area (Å²) >= 11 is 0. The Labute approximate surface area is 241 Å². The topological polar surface area (TPSA) is 96.0 Å². The summed E-state index contributed by atoms with van der Waals surface area (Å²) in [6, 6.07) is 22.5. The number of hydrogen-bond acceptors (Lipinski definition) is 5. The second-order valence-electron chi connectivity index (χ2n) is 10.1. The quantitative estimate of drug-likeness (QED) is 0.238. The minimum Gasteiger partial charge on any atom is -0.355 e. The predicted molar refractivity (Wildman–Crippen MR) is 169 cm³/mol. The van der Waals surface area contributed by atoms with Crippen molar-refractivity contribution in [1.82, 2.24) is 34.9 Å². The lowest BCUT2D eigenvalue weighted by Gasteiger charge is -2.09. The molecular formula is C35H23N7. The highest BCUT2D eigenvalue weighted by molar-refractivity contribution is 6.08. The minimum absolute atomic E-state index is 0.857. The van der Waals surface area contributed by atoms with E-state index in [9.17, 15) is 0 Å². The van der Waals surface area contributed by atoms with Gasteiger partial charge in [0.25, 0.3) is 0 Å². The molecule has 198 valence electrons. The van der Waals surface area contributed by atoms with E-state index in [2.05, 4.69) is 61.3 Å². The van der Waals surface area contributed by atoms with Gasteiger partial charge >= 0.3 is 0 Å². The summed E-state index contributed by atoms with van der Waals surface area (Å²) in [6.45, 7) is 0. The van der Waals surface area contributed by atoms with E-state index >= 15 is 0 Å². The first-order chi connectivity index (χ1) is 20.8. The Morgan fingerprint density at radius 2 is 0.929 bits per heavy atom. The fraction of sp³-hybridized carbons (Fsp3) is 0. The summed E-state index contributed by atoms with van der Waals surface area (Å²) in [5.74, 6) is 0. The Balaban J connectivity index is 1.61. The first-order valence-electron chi connectivity index (χ1n) is 13.6. The molecule has 0 aliphatic carbocycles. The third kappa shape index (κ3) is 4.30. The summed E-state index contributed by atoms with van der Waals surface area (Å²) in [7, 11) is 0. The Kier molecular flexibility index (Phi) is 5.64. The molecule has 0 radical (unpaired) electrons. The molecule has 2 aliphatic heterocycles. The Hall–Kier alpha value is -5.95. The van der Waals surface area contributed by atoms with Crippen molar-refractivity contribution < 1.29 is 0 Å². The first-order valence-corrected chi connectivity index (χ1v) is 13.6. The highest BCUT2D eigenvalue weighted by atomic mass is 14.8. The van der Waals surface area contributed by atoms with E-state index in [1.54, 1.807) is 0 Å². The molecule has 2 N–H and O–H groups in total. The largest absolute Gasteiger partial charge is 0.355 e. The molecule has 0 fully saturated rings. The molecule has 8 heterocycles. The number of pyridine rings is 3. The number of rotatable bonds is 3. The van der Waals surface area contributed by atoms with Gasteiger partial charge in [-0.3, -0.25) is 15.0 Å². The lowest BCUT2D eigenvalue weighted by atomic mass is 9.94. The smallest absolute Gasteiger partial charge is 0.0737 e. The van der Waals surface area contributed by atoms with Gasteiger partial charge in [-0.25, -0.2) is 9.97 Å². The van der Waals surface area contributed by atoms with Gasteiger partial charge in [0, 0.05) is 70.4 Å². The van der Waals surface area contributed by atoms with Crippen LogP contribution in [-0.4, -0.2) is 34.9 Å². The Morgan fingerprint density at radius 3 is 1.55 bits per heavy atom. The zero-order valence-corrected chi connectivity index (χ0v) is 22.4. The summed E-state index contributed by atoms with van der Waals surface area (Å²) in [5.41, 5.74) is 13.5. The molecule has 8 bridgehead atoms. The fourth-order valence-electron chi connectivity index (χ4n) is 5.60. The van der Waals surface area contributed by atoms with Crippen LogP contribution in [0.4, 0.5) is 0 Å². The first kappa shape index (κ1) is 23.9. The van der Waals surface area contributed by atoms with Gasteiger partial charge in [-0.05, 0) is 108 Å². The average molecular weight is 542 g/mol. The number of nitrogens with one attached hydrogen (secondary N) is 2. The fourth-order valence-corrected chi connectivity index (χ4v) is 5.60. The second-order valence-corrected chi connectivity index (χ2v) is 10.1. The van der Waals surface area contributed by atoms with Gasteiger partial charge in [-0.1, -0.05) is 0 Å². The van der Waals surface area contributed by atoms with Crippen molar-refractivity contribution in [1.29, 1.82) is 0 Å². The zero-order chi connectivity index (χ0) is 27.9. The maximum atomic E-state index is 5.11. The van der Waals surface area contributed by atoms with Crippen LogP contribution in [-0.2, 0) is 0 Å². The number of fused-ring (bicyclic) bond motifs is 8. The average Bonchev–Trinajstić information content (AvgIpc) is 3.84. The molecule has 0 aromatic carbocycles. The number of hydrogen-bond donors (Lipinski definition) is 2. The lowest BCUT2D eigenvalue weighted by molar-refractivity contribution is 1.30. The van der Waals surface area contributed by atoms with E-state index < -0.39 is 0 Å². The molecule has 8 rings (SSSR count). The van der Waals surface area contributed by atoms with Gasteiger partial charge in [0.2, 0.25) is 0 Å². The van der Waals surface area contributed by atoms with Crippen LogP contribution in [0.25, 0.3) is 79.8 Å². The van der Waals surface area contributed by atoms with Crippen LogP contribution in [0, 0.1) is 0 Å². The predicted octanol–water partition coefficient (Wildman–Crippen LogP) is 7.84. The van der Waals surface area contributed by atoms with E-state index in [0.717, 1.165) is 78.2 Å². The van der Waals surface area contributed by atoms with Gasteiger partial charge < -0.3 is 9.97 Å². The standard InChI is InChI=1S/C35H23N7/c1-2-27-20-28-5-6-30(41-28)33(23-9-15-37-16-10-23)35-34(24-11-17-38-18-12-24)32(22-7-13-36-14-8-22)31(42-35)21-29-4-3-26(40-29)19-25(1)39-27/h1-21,39,42H. The SMILES string of the molecule is C1=Cc2cc3[nH]c(c(-c4ccncc4)c4nc(cc5ccc(cc1n2)[nH]5)C=C4)c(-c1ccncc1)c3-c1ccncc1. The number of aromatic nitrogens is 7. The van der Waals surface area contributed by atoms with Crippen LogP contribution >= 0.6 is 0 Å². The molecular weight excluding hydrogens is 518 g/mol. The molecule has 7 nitrogen and oxygen atoms in total. The van der Waals surface area contributed by atoms with Gasteiger partial charge in [0.1, 0.15) is 0 Å². The van der Waals surface area contributed by atoms with Gasteiger partial charge in [-0.2, -0.15) is 0 Å². The van der Waals surface area contributed by atoms with E-state index in [4.69, 9.17) is 9.97 Å². The van der Waals surface area contributed by atoms with Crippen molar-refractivity contribution in [3.05, 3.63) is 127 Å². The molecule has 2 aliphatic rings. The molecule has 6 aromatic rings. The van der Waals surface area contributed by atoms with E-state index in [-0.39, 0.29) is 0 Å². The molecule has 0 atom stereocenters. The van der Waals surface area contributed by atoms with Crippen LogP contribution < -0.4 is 0 Å². The minimum atomic E-state index is 0.857. The molecule has 0 saturated heterocycles. The van der Waals surface area contributed by atoms with Crippen LogP contribution in [0.2, 0.25) is 0 Å². The molecule has 42 heavy (non-hydrogen) atoms. The molecule has 0 saturated carbocycles. The number of nitrogens with zero attached hydrogens (tertiary/aromatic N) is 5. The number of aromatic amines is 2. The summed E-state index contributed by atoms with van der Waals surface area (Å²) in [5, 5.41) is 0. The highest BCUT2D eigenvalue weighted by Crippen LogP contribution is 2.43. The molecule has 0 amide bonds. The summed E-state index contributed by atoms with van der Waals surface area (Å²) < 4.78 is 0. The zero-order valence-electron chi connectivity index (χ0n) is 22.4. The monoisotopic (exact) mass is 541 g/mol. The summed E-state index contributed by atoms with van der Waals surface area (Å²) in [6.07, 6.45) is 19.1. The van der Waals surface area contributed by atoms with Crippen LogP contribution in [0.3, 0.4) is 0 Å². The van der Waals surface area contributed by atoms with Crippen molar-refractivity contribution in [3.8, 4) is 33.4 Å². The maximum Gasteiger partial charge on any atom is 0.0737 e. The summed E-state index contributed by atoms with van der Waals surface area (Å²) in [4.78, 5) is 30.2. The number of H-pyrrole nitrogens is 2. The van der Waals surface area contributed by atoms with Gasteiger partial charge in [0.05, 0.1) is 28.3 Å². The Bertz CT molecular complexity index is 2180. The normalized spacial score (nSPS) is 12.1. The third-order valence-electron chi connectivity index (χ3n) is 7.42. The van der Waals surface area contributed by atoms with Crippen LogP contribution in [0.1, 0.15) is 22.8 Å². The van der Waals surface area contributed by atoms with E-state index in [1.165, 1.54) is 0 Å². The van der Waals surface area contributed by atoms with Crippen molar-refractivity contribution in [2.75, 3.05) is 0 Å². The van der Waals surface area contributed by atoms with Gasteiger partial charge in [0.15, 0.2) is 0 Å². The molecule has 7 heteroatoms. The van der Waals surface area contributed by atoms with Crippen molar-refractivity contribution >= 4 is 46.4 Å². The van der Waals surface area contributed by atoms with Crippen LogP contribution in [0.5, 0.6) is 0 Å². The molecule has 0 unspecified atom stereocenters. The Morgan fingerprint density at radius 1 is 0.429 bits per heavy atom. The highest BCUT2D eigenvalue weighted by Gasteiger charge is 2.21. The lowest BCUT2D eigenvalue weighted by Crippen LogP contribution is -1.88. The molecule has 0 spiro atoms. The van der Waals surface area contributed by atoms with Crippen molar-refractivity contribution in [2.24, 2.45) is 0 Å². The maximum absolute atomic E-state index is 5.11. The van der Waals surface area contributed by atoms with E-state index in [0.29, 0.717) is 0 Å². The van der Waals surface area contributed by atoms with Crippen molar-refractivity contribution in [2.45, 2.75) is 0 Å². The van der Waals surface area contributed by atoms with Gasteiger partial charge in [-0.15, -0.1) is 0 Å². The van der Waals surface area contributed by atoms with Crippen LogP contribution in [0.15, 0.2) is 104 Å². The van der Waals surface area contributed by atoms with E-state index in [1.807, 2.05) is 91.8 Å². The second kappa shape index (κ2) is 9.91. The molecule has 6 aromatic heterocycles. The third-order valence-corrected chi connectivity index (χ3v) is 7.42.